The van der Waals surface area contributed by atoms with Crippen molar-refractivity contribution in [3.63, 3.8) is 0 Å². The number of nitrogens with one attached hydrogen (secondary N) is 1. The normalized spacial score (nSPS) is 24.2. The summed E-state index contributed by atoms with van der Waals surface area (Å²) in [6.07, 6.45) is 7.43. The highest BCUT2D eigenvalue weighted by Gasteiger charge is 2.29. The Hall–Kier alpha value is -0.280. The van der Waals surface area contributed by atoms with Crippen molar-refractivity contribution < 1.29 is 4.79 Å². The van der Waals surface area contributed by atoms with E-state index in [1.54, 1.807) is 0 Å². The molecule has 0 radical (unpaired) electrons. The second-order valence-electron chi connectivity index (χ2n) is 6.07. The number of rotatable bonds is 5. The Kier molecular flexibility index (Phi) is 7.88. The van der Waals surface area contributed by atoms with Crippen molar-refractivity contribution in [1.82, 2.24) is 5.32 Å². The highest BCUT2D eigenvalue weighted by molar-refractivity contribution is 5.85. The van der Waals surface area contributed by atoms with Gasteiger partial charge in [0.25, 0.3) is 0 Å². The molecule has 1 aliphatic carbocycles. The predicted molar refractivity (Wildman–Crippen MR) is 78.9 cm³/mol. The zero-order valence-electron chi connectivity index (χ0n) is 12.0. The maximum Gasteiger partial charge on any atom is 0.227 e. The van der Waals surface area contributed by atoms with Gasteiger partial charge in [0.15, 0.2) is 0 Å². The maximum absolute atomic E-state index is 12.0. The molecule has 0 atom stereocenters. The molecule has 0 aromatic heterocycles. The van der Waals surface area contributed by atoms with Crippen molar-refractivity contribution >= 4 is 18.3 Å². The monoisotopic (exact) mass is 276 g/mol. The van der Waals surface area contributed by atoms with E-state index >= 15 is 0 Å². The number of hydrogen-bond donors (Lipinski definition) is 2. The third-order valence-electron chi connectivity index (χ3n) is 4.00. The van der Waals surface area contributed by atoms with Crippen LogP contribution in [-0.2, 0) is 4.79 Å². The lowest BCUT2D eigenvalue weighted by molar-refractivity contribution is -0.129. The molecular weight excluding hydrogens is 248 g/mol. The van der Waals surface area contributed by atoms with Crippen molar-refractivity contribution in [2.45, 2.75) is 65.3 Å². The Bertz CT molecular complexity index is 248. The average Bonchev–Trinajstić information content (AvgIpc) is 2.32. The zero-order chi connectivity index (χ0) is 12.9. The molecule has 3 N–H and O–H groups in total. The van der Waals surface area contributed by atoms with Gasteiger partial charge in [-0.25, -0.2) is 0 Å². The minimum Gasteiger partial charge on any atom is -0.353 e. The number of nitrogens with two attached hydrogens (primary N) is 1. The fourth-order valence-corrected chi connectivity index (χ4v) is 2.48. The first-order chi connectivity index (χ1) is 7.99. The molecule has 0 saturated heterocycles. The topological polar surface area (TPSA) is 55.1 Å². The van der Waals surface area contributed by atoms with Gasteiger partial charge in [-0.15, -0.1) is 12.4 Å². The van der Waals surface area contributed by atoms with Gasteiger partial charge in [0.2, 0.25) is 5.91 Å². The Morgan fingerprint density at radius 1 is 1.28 bits per heavy atom. The number of hydrogen-bond acceptors (Lipinski definition) is 2. The Balaban J connectivity index is 0.00000289. The van der Waals surface area contributed by atoms with Gasteiger partial charge in [0.05, 0.1) is 5.41 Å². The van der Waals surface area contributed by atoms with E-state index in [1.807, 2.05) is 13.8 Å². The zero-order valence-corrected chi connectivity index (χ0v) is 12.8. The van der Waals surface area contributed by atoms with E-state index in [9.17, 15) is 4.79 Å². The summed E-state index contributed by atoms with van der Waals surface area (Å²) in [6, 6.07) is 0.376. The largest absolute Gasteiger partial charge is 0.353 e. The van der Waals surface area contributed by atoms with Crippen molar-refractivity contribution in [3.8, 4) is 0 Å². The summed E-state index contributed by atoms with van der Waals surface area (Å²) in [5.41, 5.74) is 5.18. The van der Waals surface area contributed by atoms with Gasteiger partial charge in [-0.3, -0.25) is 4.79 Å². The maximum atomic E-state index is 12.0. The van der Waals surface area contributed by atoms with Crippen LogP contribution in [0.4, 0.5) is 0 Å². The summed E-state index contributed by atoms with van der Waals surface area (Å²) in [5.74, 6) is 0.995. The molecule has 0 spiro atoms. The Morgan fingerprint density at radius 2 is 1.83 bits per heavy atom. The summed E-state index contributed by atoms with van der Waals surface area (Å²) in [6.45, 7) is 6.47. The second kappa shape index (κ2) is 8.00. The molecule has 0 aromatic carbocycles. The fraction of sp³-hybridized carbons (Fsp3) is 0.929. The van der Waals surface area contributed by atoms with Gasteiger partial charge in [-0.2, -0.15) is 0 Å². The highest BCUT2D eigenvalue weighted by atomic mass is 35.5. The molecule has 0 aliphatic heterocycles. The molecule has 0 bridgehead atoms. The predicted octanol–water partition coefficient (Wildman–Crippen LogP) is 2.87. The minimum atomic E-state index is -0.430. The van der Waals surface area contributed by atoms with Gasteiger partial charge < -0.3 is 11.1 Å². The van der Waals surface area contributed by atoms with Crippen molar-refractivity contribution in [1.29, 1.82) is 0 Å². The molecule has 1 saturated carbocycles. The first-order valence-corrected chi connectivity index (χ1v) is 7.00. The van der Waals surface area contributed by atoms with Crippen LogP contribution >= 0.6 is 12.4 Å². The molecule has 0 unspecified atom stereocenters. The van der Waals surface area contributed by atoms with Crippen molar-refractivity contribution in [2.75, 3.05) is 6.54 Å². The van der Waals surface area contributed by atoms with Crippen LogP contribution in [-0.4, -0.2) is 18.5 Å². The van der Waals surface area contributed by atoms with E-state index in [1.165, 1.54) is 25.7 Å². The average molecular weight is 277 g/mol. The Morgan fingerprint density at radius 3 is 2.28 bits per heavy atom. The van der Waals surface area contributed by atoms with Gasteiger partial charge >= 0.3 is 0 Å². The lowest BCUT2D eigenvalue weighted by Gasteiger charge is -2.31. The quantitative estimate of drug-likeness (QED) is 0.811. The van der Waals surface area contributed by atoms with Crippen molar-refractivity contribution in [3.05, 3.63) is 0 Å². The van der Waals surface area contributed by atoms with Gasteiger partial charge in [0.1, 0.15) is 0 Å². The standard InChI is InChI=1S/C14H28N2O.ClH/c1-4-5-11-6-8-12(9-7-11)16-13(17)14(2,3)10-15;/h11-12H,4-10,15H2,1-3H3,(H,16,17);1H. The molecule has 0 heterocycles. The van der Waals surface area contributed by atoms with E-state index in [4.69, 9.17) is 5.73 Å². The summed E-state index contributed by atoms with van der Waals surface area (Å²) in [5, 5.41) is 3.15. The first kappa shape index (κ1) is 17.7. The molecule has 1 amide bonds. The number of carbonyl (C=O) groups is 1. The summed E-state index contributed by atoms with van der Waals surface area (Å²) in [4.78, 5) is 12.0. The molecule has 4 heteroatoms. The van der Waals surface area contributed by atoms with Crippen LogP contribution in [0.2, 0.25) is 0 Å². The number of amides is 1. The third-order valence-corrected chi connectivity index (χ3v) is 4.00. The van der Waals surface area contributed by atoms with E-state index in [0.29, 0.717) is 12.6 Å². The van der Waals surface area contributed by atoms with Crippen LogP contribution in [0.25, 0.3) is 0 Å². The SMILES string of the molecule is CCCC1CCC(NC(=O)C(C)(C)CN)CC1.Cl. The van der Waals surface area contributed by atoms with Crippen LogP contribution in [0, 0.1) is 11.3 Å². The lowest BCUT2D eigenvalue weighted by atomic mass is 9.83. The lowest BCUT2D eigenvalue weighted by Crippen LogP contribution is -2.47. The third kappa shape index (κ3) is 5.15. The van der Waals surface area contributed by atoms with Crippen LogP contribution in [0.1, 0.15) is 59.3 Å². The van der Waals surface area contributed by atoms with Gasteiger partial charge in [-0.1, -0.05) is 19.8 Å². The van der Waals surface area contributed by atoms with Crippen LogP contribution in [0.3, 0.4) is 0 Å². The molecule has 0 aromatic rings. The van der Waals surface area contributed by atoms with E-state index in [2.05, 4.69) is 12.2 Å². The molecule has 18 heavy (non-hydrogen) atoms. The van der Waals surface area contributed by atoms with Crippen LogP contribution in [0.5, 0.6) is 0 Å². The molecule has 108 valence electrons. The molecule has 1 fully saturated rings. The fourth-order valence-electron chi connectivity index (χ4n) is 2.48. The minimum absolute atomic E-state index is 0. The second-order valence-corrected chi connectivity index (χ2v) is 6.07. The number of carbonyl (C=O) groups excluding carboxylic acids is 1. The van der Waals surface area contributed by atoms with Crippen molar-refractivity contribution in [2.24, 2.45) is 17.1 Å². The summed E-state index contributed by atoms with van der Waals surface area (Å²) < 4.78 is 0. The van der Waals surface area contributed by atoms with Crippen LogP contribution < -0.4 is 11.1 Å². The van der Waals surface area contributed by atoms with Gasteiger partial charge in [-0.05, 0) is 45.4 Å². The first-order valence-electron chi connectivity index (χ1n) is 7.00. The van der Waals surface area contributed by atoms with E-state index < -0.39 is 5.41 Å². The smallest absolute Gasteiger partial charge is 0.227 e. The number of halogens is 1. The molecule has 1 rings (SSSR count). The van der Waals surface area contributed by atoms with Gasteiger partial charge in [0, 0.05) is 12.6 Å². The molecule has 3 nitrogen and oxygen atoms in total. The Labute approximate surface area is 118 Å². The van der Waals surface area contributed by atoms with Crippen LogP contribution in [0.15, 0.2) is 0 Å². The molecular formula is C14H29ClN2O. The van der Waals surface area contributed by atoms with E-state index in [0.717, 1.165) is 18.8 Å². The summed E-state index contributed by atoms with van der Waals surface area (Å²) >= 11 is 0. The highest BCUT2D eigenvalue weighted by Crippen LogP contribution is 2.28. The van der Waals surface area contributed by atoms with E-state index in [-0.39, 0.29) is 18.3 Å². The molecule has 1 aliphatic rings. The summed E-state index contributed by atoms with van der Waals surface area (Å²) in [7, 11) is 0.